The maximum absolute atomic E-state index is 13.8. The summed E-state index contributed by atoms with van der Waals surface area (Å²) in [6.45, 7) is 5.33. The molecule has 6 atom stereocenters. The highest BCUT2D eigenvalue weighted by molar-refractivity contribution is 8.02. The molecule has 3 saturated heterocycles. The minimum absolute atomic E-state index is 0.0277. The molecule has 7 nitrogen and oxygen atoms in total. The van der Waals surface area contributed by atoms with Crippen molar-refractivity contribution in [3.63, 3.8) is 0 Å². The first-order valence-electron chi connectivity index (χ1n) is 12.6. The van der Waals surface area contributed by atoms with Crippen molar-refractivity contribution in [3.05, 3.63) is 0 Å². The number of hydrogen-bond donors (Lipinski definition) is 3. The van der Waals surface area contributed by atoms with Crippen LogP contribution in [0.25, 0.3) is 0 Å². The molecule has 1 aliphatic carbocycles. The predicted molar refractivity (Wildman–Crippen MR) is 125 cm³/mol. The summed E-state index contributed by atoms with van der Waals surface area (Å²) in [4.78, 5) is 42.4. The number of fused-ring (bicyclic) bond motifs is 1. The van der Waals surface area contributed by atoms with Gasteiger partial charge in [0.1, 0.15) is 6.04 Å². The summed E-state index contributed by atoms with van der Waals surface area (Å²) >= 11 is 1.74. The number of carbonyl (C=O) groups excluding carboxylic acids is 3. The monoisotopic (exact) mass is 465 g/mol. The lowest BCUT2D eigenvalue weighted by molar-refractivity contribution is -0.140. The van der Waals surface area contributed by atoms with Crippen LogP contribution in [0.15, 0.2) is 0 Å². The molecule has 4 fully saturated rings. The first kappa shape index (κ1) is 23.9. The molecule has 3 amide bonds. The van der Waals surface area contributed by atoms with E-state index in [9.17, 15) is 19.5 Å². The third kappa shape index (κ3) is 3.95. The van der Waals surface area contributed by atoms with Gasteiger partial charge in [0.2, 0.25) is 17.7 Å². The van der Waals surface area contributed by atoms with E-state index in [2.05, 4.69) is 17.6 Å². The van der Waals surface area contributed by atoms with Crippen LogP contribution >= 0.6 is 11.8 Å². The molecule has 4 aliphatic rings. The van der Waals surface area contributed by atoms with Crippen LogP contribution in [0, 0.1) is 17.8 Å². The Bertz CT molecular complexity index is 728. The summed E-state index contributed by atoms with van der Waals surface area (Å²) in [5.41, 5.74) is 0. The summed E-state index contributed by atoms with van der Waals surface area (Å²) in [7, 11) is 0. The normalized spacial score (nSPS) is 36.4. The number of thioether (sulfide) groups is 1. The predicted octanol–water partition coefficient (Wildman–Crippen LogP) is 2.07. The fourth-order valence-electron chi connectivity index (χ4n) is 6.65. The number of amides is 3. The Balaban J connectivity index is 1.63. The van der Waals surface area contributed by atoms with Gasteiger partial charge in [0.25, 0.3) is 0 Å². The van der Waals surface area contributed by atoms with Gasteiger partial charge in [-0.3, -0.25) is 14.4 Å². The molecule has 180 valence electrons. The Morgan fingerprint density at radius 2 is 1.94 bits per heavy atom. The minimum Gasteiger partial charge on any atom is -0.396 e. The van der Waals surface area contributed by atoms with Crippen molar-refractivity contribution in [1.82, 2.24) is 15.5 Å². The Labute approximate surface area is 195 Å². The molecule has 0 radical (unpaired) electrons. The lowest BCUT2D eigenvalue weighted by Crippen LogP contribution is -2.58. The quantitative estimate of drug-likeness (QED) is 0.453. The van der Waals surface area contributed by atoms with Crippen LogP contribution in [0.2, 0.25) is 0 Å². The van der Waals surface area contributed by atoms with E-state index in [1.165, 1.54) is 6.42 Å². The van der Waals surface area contributed by atoms with E-state index >= 15 is 0 Å². The van der Waals surface area contributed by atoms with Gasteiger partial charge in [-0.15, -0.1) is 11.8 Å². The van der Waals surface area contributed by atoms with Gasteiger partial charge in [-0.25, -0.2) is 0 Å². The molecule has 8 heteroatoms. The fourth-order valence-corrected chi connectivity index (χ4v) is 9.07. The number of unbranched alkanes of at least 4 members (excludes halogenated alkanes) is 1. The van der Waals surface area contributed by atoms with Crippen LogP contribution in [-0.2, 0) is 14.4 Å². The van der Waals surface area contributed by atoms with Gasteiger partial charge >= 0.3 is 0 Å². The number of carbonyl (C=O) groups is 3. The number of aliphatic hydroxyl groups is 1. The Kier molecular flexibility index (Phi) is 7.40. The Morgan fingerprint density at radius 3 is 2.62 bits per heavy atom. The molecule has 4 rings (SSSR count). The first-order valence-corrected chi connectivity index (χ1v) is 13.5. The molecule has 3 N–H and O–H groups in total. The van der Waals surface area contributed by atoms with Crippen molar-refractivity contribution in [1.29, 1.82) is 0 Å². The highest BCUT2D eigenvalue weighted by atomic mass is 32.2. The van der Waals surface area contributed by atoms with Crippen molar-refractivity contribution in [2.24, 2.45) is 17.8 Å². The van der Waals surface area contributed by atoms with Gasteiger partial charge < -0.3 is 20.6 Å². The molecule has 0 aromatic rings. The molecular formula is C24H39N3O4S. The number of nitrogens with zero attached hydrogens (tertiary/aromatic N) is 1. The van der Waals surface area contributed by atoms with Crippen molar-refractivity contribution in [2.45, 2.75) is 93.7 Å². The van der Waals surface area contributed by atoms with E-state index in [4.69, 9.17) is 0 Å². The summed E-state index contributed by atoms with van der Waals surface area (Å²) in [5.74, 6) is -0.694. The van der Waals surface area contributed by atoms with E-state index in [1.54, 1.807) is 16.7 Å². The zero-order valence-electron chi connectivity index (χ0n) is 19.5. The van der Waals surface area contributed by atoms with Gasteiger partial charge in [0, 0.05) is 31.0 Å². The van der Waals surface area contributed by atoms with Crippen LogP contribution in [-0.4, -0.2) is 69.5 Å². The van der Waals surface area contributed by atoms with Crippen LogP contribution < -0.4 is 10.6 Å². The maximum Gasteiger partial charge on any atom is 0.244 e. The van der Waals surface area contributed by atoms with Crippen molar-refractivity contribution < 1.29 is 19.5 Å². The zero-order valence-corrected chi connectivity index (χ0v) is 20.3. The van der Waals surface area contributed by atoms with E-state index in [0.717, 1.165) is 38.5 Å². The smallest absolute Gasteiger partial charge is 0.244 e. The summed E-state index contributed by atoms with van der Waals surface area (Å²) in [5, 5.41) is 15.7. The summed E-state index contributed by atoms with van der Waals surface area (Å²) in [6.07, 6.45) is 8.48. The Morgan fingerprint density at radius 1 is 1.19 bits per heavy atom. The average Bonchev–Trinajstić information content (AvgIpc) is 3.37. The minimum atomic E-state index is -0.534. The van der Waals surface area contributed by atoms with E-state index in [-0.39, 0.29) is 47.5 Å². The molecule has 3 heterocycles. The van der Waals surface area contributed by atoms with Gasteiger partial charge in [-0.1, -0.05) is 33.1 Å². The molecule has 1 spiro atoms. The summed E-state index contributed by atoms with van der Waals surface area (Å²) in [6, 6.07) is -0.349. The van der Waals surface area contributed by atoms with Gasteiger partial charge in [0.05, 0.1) is 16.6 Å². The van der Waals surface area contributed by atoms with Gasteiger partial charge in [0.15, 0.2) is 0 Å². The number of hydrogen-bond acceptors (Lipinski definition) is 5. The largest absolute Gasteiger partial charge is 0.396 e. The number of nitrogens with one attached hydrogen (secondary N) is 2. The lowest BCUT2D eigenvalue weighted by atomic mass is 9.65. The third-order valence-corrected chi connectivity index (χ3v) is 10.2. The second-order valence-corrected chi connectivity index (χ2v) is 11.7. The molecule has 2 bridgehead atoms. The van der Waals surface area contributed by atoms with Crippen LogP contribution in [0.3, 0.4) is 0 Å². The molecule has 0 aromatic carbocycles. The summed E-state index contributed by atoms with van der Waals surface area (Å²) < 4.78 is -0.534. The van der Waals surface area contributed by atoms with Crippen molar-refractivity contribution >= 4 is 29.5 Å². The zero-order chi connectivity index (χ0) is 22.9. The van der Waals surface area contributed by atoms with E-state index < -0.39 is 16.7 Å². The van der Waals surface area contributed by atoms with Gasteiger partial charge in [-0.05, 0) is 44.4 Å². The second-order valence-electron chi connectivity index (χ2n) is 10.1. The SMILES string of the molecule is CCCNC(=O)[C@@H]1[C@@H]2CC(C)C3(S2)C(C(=O)NC2CCCCC2)N(CCCCO)C(=O)[C@H]13. The first-order chi connectivity index (χ1) is 15.5. The van der Waals surface area contributed by atoms with Crippen molar-refractivity contribution in [3.8, 4) is 0 Å². The fraction of sp³-hybridized carbons (Fsp3) is 0.875. The van der Waals surface area contributed by atoms with Crippen LogP contribution in [0.4, 0.5) is 0 Å². The van der Waals surface area contributed by atoms with Crippen LogP contribution in [0.1, 0.15) is 71.6 Å². The molecule has 0 aromatic heterocycles. The standard InChI is InChI=1S/C24H39N3O4S/c1-3-11-25-21(29)18-17-14-15(2)24(32-17)19(18)23(31)27(12-7-8-13-28)20(24)22(30)26-16-9-5-4-6-10-16/h15-20,28H,3-14H2,1-2H3,(H,25,29)(H,26,30)/t15?,17-,18+,19-,20?,24?/m0/s1. The third-order valence-electron chi connectivity index (χ3n) is 8.10. The number of aliphatic hydroxyl groups excluding tert-OH is 1. The molecule has 3 unspecified atom stereocenters. The van der Waals surface area contributed by atoms with Crippen LogP contribution in [0.5, 0.6) is 0 Å². The van der Waals surface area contributed by atoms with Crippen molar-refractivity contribution in [2.75, 3.05) is 19.7 Å². The molecule has 32 heavy (non-hydrogen) atoms. The lowest BCUT2D eigenvalue weighted by Gasteiger charge is -2.39. The average molecular weight is 466 g/mol. The second kappa shape index (κ2) is 9.92. The topological polar surface area (TPSA) is 98.7 Å². The molecular weight excluding hydrogens is 426 g/mol. The maximum atomic E-state index is 13.8. The number of likely N-dealkylation sites (tertiary alicyclic amines) is 1. The molecule has 3 aliphatic heterocycles. The van der Waals surface area contributed by atoms with E-state index in [1.807, 2.05) is 6.92 Å². The van der Waals surface area contributed by atoms with E-state index in [0.29, 0.717) is 25.9 Å². The number of rotatable bonds is 9. The highest BCUT2D eigenvalue weighted by Crippen LogP contribution is 2.68. The highest BCUT2D eigenvalue weighted by Gasteiger charge is 2.75. The van der Waals surface area contributed by atoms with Gasteiger partial charge in [-0.2, -0.15) is 0 Å². The Hall–Kier alpha value is -1.28. The molecule has 1 saturated carbocycles.